The Bertz CT molecular complexity index is 66.1. The molecular formula is C6H14N2O2. The fraction of sp³-hybridized carbons (Fsp3) is 0.333. The third-order valence-corrected chi connectivity index (χ3v) is 0.428. The van der Waals surface area contributed by atoms with Crippen molar-refractivity contribution in [3.63, 3.8) is 0 Å². The first kappa shape index (κ1) is 12.0. The van der Waals surface area contributed by atoms with Crippen molar-refractivity contribution >= 4 is 0 Å². The van der Waals surface area contributed by atoms with Gasteiger partial charge in [-0.05, 0) is 0 Å². The zero-order chi connectivity index (χ0) is 8.24. The summed E-state index contributed by atoms with van der Waals surface area (Å²) in [5.41, 5.74) is 0. The lowest BCUT2D eigenvalue weighted by atomic mass is 10.7. The first-order chi connectivity index (χ1) is 4.83. The lowest BCUT2D eigenvalue weighted by Crippen LogP contribution is -1.96. The first-order valence-electron chi connectivity index (χ1n) is 2.68. The molecule has 0 aromatic rings. The van der Waals surface area contributed by atoms with E-state index in [1.54, 1.807) is 12.2 Å². The first-order valence-corrected chi connectivity index (χ1v) is 2.68. The van der Waals surface area contributed by atoms with Gasteiger partial charge in [-0.2, -0.15) is 0 Å². The Labute approximate surface area is 61.0 Å². The molecule has 4 heteroatoms. The Hall–Kier alpha value is -0.680. The maximum atomic E-state index is 4.57. The van der Waals surface area contributed by atoms with Gasteiger partial charge in [0.05, 0.1) is 13.2 Å². The van der Waals surface area contributed by atoms with Gasteiger partial charge in [-0.3, -0.25) is 0 Å². The number of rotatable bonds is 4. The maximum absolute atomic E-state index is 4.57. The van der Waals surface area contributed by atoms with E-state index in [1.807, 2.05) is 0 Å². The minimum absolute atomic E-state index is 0.431. The second-order valence-corrected chi connectivity index (χ2v) is 1.24. The fourth-order valence-electron chi connectivity index (χ4n) is 0.136. The van der Waals surface area contributed by atoms with Crippen LogP contribution in [0, 0.1) is 0 Å². The van der Waals surface area contributed by atoms with Gasteiger partial charge in [0.25, 0.3) is 0 Å². The van der Waals surface area contributed by atoms with Gasteiger partial charge in [-0.15, -0.1) is 13.2 Å². The molecule has 0 spiro atoms. The van der Waals surface area contributed by atoms with E-state index in [0.29, 0.717) is 13.2 Å². The van der Waals surface area contributed by atoms with Crippen molar-refractivity contribution in [3.8, 4) is 0 Å². The fourth-order valence-corrected chi connectivity index (χ4v) is 0.136. The highest BCUT2D eigenvalue weighted by Crippen LogP contribution is 1.56. The van der Waals surface area contributed by atoms with Gasteiger partial charge < -0.3 is 9.68 Å². The van der Waals surface area contributed by atoms with Crippen molar-refractivity contribution < 1.29 is 9.68 Å². The summed E-state index contributed by atoms with van der Waals surface area (Å²) >= 11 is 0. The van der Waals surface area contributed by atoms with Gasteiger partial charge in [0.15, 0.2) is 0 Å². The summed E-state index contributed by atoms with van der Waals surface area (Å²) in [5.74, 6) is 9.14. The second kappa shape index (κ2) is 15.8. The predicted molar refractivity (Wildman–Crippen MR) is 40.7 cm³/mol. The van der Waals surface area contributed by atoms with Crippen molar-refractivity contribution in [3.05, 3.63) is 25.3 Å². The topological polar surface area (TPSA) is 70.5 Å². The number of nitrogens with two attached hydrogens (primary N) is 2. The quantitative estimate of drug-likeness (QED) is 0.436. The van der Waals surface area contributed by atoms with Crippen LogP contribution in [0.4, 0.5) is 0 Å². The van der Waals surface area contributed by atoms with Crippen molar-refractivity contribution in [2.24, 2.45) is 11.8 Å². The molecule has 60 valence electrons. The molecule has 0 rings (SSSR count). The molecule has 0 aliphatic heterocycles. The number of hydrogen-bond acceptors (Lipinski definition) is 4. The van der Waals surface area contributed by atoms with Gasteiger partial charge in [-0.1, -0.05) is 12.2 Å². The summed E-state index contributed by atoms with van der Waals surface area (Å²) in [4.78, 5) is 8.15. The molecule has 10 heavy (non-hydrogen) atoms. The molecule has 0 radical (unpaired) electrons. The van der Waals surface area contributed by atoms with E-state index in [9.17, 15) is 0 Å². The van der Waals surface area contributed by atoms with Crippen LogP contribution in [0.3, 0.4) is 0 Å². The zero-order valence-electron chi connectivity index (χ0n) is 5.95. The molecule has 0 aromatic carbocycles. The molecule has 0 amide bonds. The largest absolute Gasteiger partial charge is 0.300 e. The lowest BCUT2D eigenvalue weighted by Gasteiger charge is -1.79. The third-order valence-electron chi connectivity index (χ3n) is 0.428. The van der Waals surface area contributed by atoms with Crippen molar-refractivity contribution in [2.75, 3.05) is 13.2 Å². The van der Waals surface area contributed by atoms with E-state index in [-0.39, 0.29) is 0 Å². The van der Waals surface area contributed by atoms with E-state index < -0.39 is 0 Å². The van der Waals surface area contributed by atoms with Gasteiger partial charge in [-0.25, -0.2) is 11.8 Å². The minimum Gasteiger partial charge on any atom is -0.300 e. The summed E-state index contributed by atoms with van der Waals surface area (Å²) in [5, 5.41) is 0. The van der Waals surface area contributed by atoms with Crippen LogP contribution in [0.5, 0.6) is 0 Å². The molecular weight excluding hydrogens is 132 g/mol. The summed E-state index contributed by atoms with van der Waals surface area (Å²) in [6.07, 6.45) is 3.17. The van der Waals surface area contributed by atoms with Gasteiger partial charge in [0.1, 0.15) is 0 Å². The number of hydrogen-bond donors (Lipinski definition) is 2. The summed E-state index contributed by atoms with van der Waals surface area (Å²) < 4.78 is 0. The van der Waals surface area contributed by atoms with Crippen LogP contribution in [0.25, 0.3) is 0 Å². The van der Waals surface area contributed by atoms with E-state index in [4.69, 9.17) is 0 Å². The SMILES string of the molecule is C=CCON.C=CCON. The van der Waals surface area contributed by atoms with Crippen molar-refractivity contribution in [2.45, 2.75) is 0 Å². The van der Waals surface area contributed by atoms with Crippen LogP contribution < -0.4 is 11.8 Å². The summed E-state index contributed by atoms with van der Waals surface area (Å²) in [7, 11) is 0. The highest BCUT2D eigenvalue weighted by Gasteiger charge is 1.59. The maximum Gasteiger partial charge on any atom is 0.0858 e. The molecule has 0 saturated heterocycles. The van der Waals surface area contributed by atoms with Crippen LogP contribution in [0.2, 0.25) is 0 Å². The monoisotopic (exact) mass is 146 g/mol. The van der Waals surface area contributed by atoms with Gasteiger partial charge in [0.2, 0.25) is 0 Å². The lowest BCUT2D eigenvalue weighted by molar-refractivity contribution is 0.168. The normalized spacial score (nSPS) is 7.40. The Morgan fingerprint density at radius 1 is 1.00 bits per heavy atom. The Balaban J connectivity index is 0. The highest BCUT2D eigenvalue weighted by atomic mass is 16.6. The van der Waals surface area contributed by atoms with E-state index in [2.05, 4.69) is 34.6 Å². The standard InChI is InChI=1S/2C3H7NO/c2*1-2-3-5-4/h2*2H,1,3-4H2. The molecule has 0 atom stereocenters. The predicted octanol–water partition coefficient (Wildman–Crippen LogP) is 0.125. The third kappa shape index (κ3) is 26.5. The van der Waals surface area contributed by atoms with Gasteiger partial charge in [0, 0.05) is 0 Å². The molecule has 0 aromatic heterocycles. The summed E-state index contributed by atoms with van der Waals surface area (Å²) in [6.45, 7) is 7.55. The van der Waals surface area contributed by atoms with Crippen LogP contribution >= 0.6 is 0 Å². The van der Waals surface area contributed by atoms with Gasteiger partial charge >= 0.3 is 0 Å². The van der Waals surface area contributed by atoms with Crippen LogP contribution in [-0.2, 0) is 9.68 Å². The van der Waals surface area contributed by atoms with Crippen molar-refractivity contribution in [1.82, 2.24) is 0 Å². The van der Waals surface area contributed by atoms with Crippen molar-refractivity contribution in [1.29, 1.82) is 0 Å². The molecule has 0 bridgehead atoms. The van der Waals surface area contributed by atoms with Crippen LogP contribution in [-0.4, -0.2) is 13.2 Å². The minimum atomic E-state index is 0.431. The zero-order valence-corrected chi connectivity index (χ0v) is 5.95. The Morgan fingerprint density at radius 3 is 1.30 bits per heavy atom. The molecule has 0 fully saturated rings. The van der Waals surface area contributed by atoms with Crippen LogP contribution in [0.15, 0.2) is 25.3 Å². The molecule has 4 nitrogen and oxygen atoms in total. The molecule has 0 aliphatic rings. The van der Waals surface area contributed by atoms with E-state index >= 15 is 0 Å². The molecule has 0 aliphatic carbocycles. The average molecular weight is 146 g/mol. The second-order valence-electron chi connectivity index (χ2n) is 1.24. The van der Waals surface area contributed by atoms with Crippen LogP contribution in [0.1, 0.15) is 0 Å². The summed E-state index contributed by atoms with van der Waals surface area (Å²) in [6, 6.07) is 0. The molecule has 0 heterocycles. The smallest absolute Gasteiger partial charge is 0.0858 e. The Morgan fingerprint density at radius 2 is 1.30 bits per heavy atom. The molecule has 0 saturated carbocycles. The molecule has 4 N–H and O–H groups in total. The van der Waals surface area contributed by atoms with E-state index in [1.165, 1.54) is 0 Å². The van der Waals surface area contributed by atoms with E-state index in [0.717, 1.165) is 0 Å². The highest BCUT2D eigenvalue weighted by molar-refractivity contribution is 4.62. The average Bonchev–Trinajstić information content (AvgIpc) is 1.93. The Kier molecular flexibility index (Phi) is 19.0. The molecule has 0 unspecified atom stereocenters.